The molecule has 0 spiro atoms. The molecule has 0 aromatic heterocycles. The minimum absolute atomic E-state index is 0.395. The number of ether oxygens (including phenoxy) is 1. The normalized spacial score (nSPS) is 12.6. The summed E-state index contributed by atoms with van der Waals surface area (Å²) in [6, 6.07) is 13.4. The van der Waals surface area contributed by atoms with Gasteiger partial charge >= 0.3 is 0 Å². The molecule has 2 aromatic rings. The predicted octanol–water partition coefficient (Wildman–Crippen LogP) is 5.61. The molecular formula is C15H10BrCl4NO2. The lowest BCUT2D eigenvalue weighted by Gasteiger charge is -2.26. The fourth-order valence-corrected chi connectivity index (χ4v) is 2.56. The molecule has 23 heavy (non-hydrogen) atoms. The second-order valence-electron chi connectivity index (χ2n) is 4.45. The summed E-state index contributed by atoms with van der Waals surface area (Å²) in [6.07, 6.45) is -1.19. The largest absolute Gasteiger partial charge is 0.466 e. The summed E-state index contributed by atoms with van der Waals surface area (Å²) in [5.41, 5.74) is 0.395. The Morgan fingerprint density at radius 2 is 1.70 bits per heavy atom. The lowest BCUT2D eigenvalue weighted by Crippen LogP contribution is -2.47. The summed E-state index contributed by atoms with van der Waals surface area (Å²) in [5.74, 6) is -0.0408. The number of benzene rings is 2. The standard InChI is InChI=1S/C15H10BrCl4NO2/c16-12-4-2-1-3-11(12)13(22)21-14(15(18,19)20)23-10-7-5-9(17)6-8-10/h1-8,14H,(H,21,22). The third-order valence-electron chi connectivity index (χ3n) is 2.75. The zero-order valence-corrected chi connectivity index (χ0v) is 16.0. The first-order chi connectivity index (χ1) is 10.8. The molecule has 0 saturated heterocycles. The van der Waals surface area contributed by atoms with Crippen LogP contribution in [0.3, 0.4) is 0 Å². The number of amides is 1. The highest BCUT2D eigenvalue weighted by Crippen LogP contribution is 2.32. The quantitative estimate of drug-likeness (QED) is 0.479. The van der Waals surface area contributed by atoms with Gasteiger partial charge in [0.1, 0.15) is 5.75 Å². The number of rotatable bonds is 4. The maximum atomic E-state index is 12.3. The Balaban J connectivity index is 2.18. The zero-order chi connectivity index (χ0) is 17.0. The minimum Gasteiger partial charge on any atom is -0.466 e. The summed E-state index contributed by atoms with van der Waals surface area (Å²) < 4.78 is 4.32. The summed E-state index contributed by atoms with van der Waals surface area (Å²) >= 11 is 26.8. The number of hydrogen-bond acceptors (Lipinski definition) is 2. The van der Waals surface area contributed by atoms with Crippen molar-refractivity contribution in [2.75, 3.05) is 0 Å². The Kier molecular flexibility index (Phi) is 6.46. The van der Waals surface area contributed by atoms with Crippen LogP contribution in [0.5, 0.6) is 5.75 Å². The van der Waals surface area contributed by atoms with Gasteiger partial charge in [-0.15, -0.1) is 0 Å². The van der Waals surface area contributed by atoms with Crippen molar-refractivity contribution in [3.8, 4) is 5.75 Å². The Morgan fingerprint density at radius 3 is 2.26 bits per heavy atom. The number of halogens is 5. The summed E-state index contributed by atoms with van der Waals surface area (Å²) in [7, 11) is 0. The number of carbonyl (C=O) groups excluding carboxylic acids is 1. The topological polar surface area (TPSA) is 38.3 Å². The number of carbonyl (C=O) groups is 1. The van der Waals surface area contributed by atoms with Crippen molar-refractivity contribution in [1.82, 2.24) is 5.32 Å². The van der Waals surface area contributed by atoms with Gasteiger partial charge in [0.05, 0.1) is 5.56 Å². The predicted molar refractivity (Wildman–Crippen MR) is 97.8 cm³/mol. The van der Waals surface area contributed by atoms with Gasteiger partial charge in [-0.05, 0) is 52.3 Å². The second-order valence-corrected chi connectivity index (χ2v) is 8.11. The Bertz CT molecular complexity index is 689. The van der Waals surface area contributed by atoms with Crippen molar-refractivity contribution >= 4 is 68.2 Å². The molecule has 1 atom stereocenters. The van der Waals surface area contributed by atoms with Gasteiger partial charge in [0.15, 0.2) is 0 Å². The van der Waals surface area contributed by atoms with Crippen LogP contribution in [-0.2, 0) is 0 Å². The van der Waals surface area contributed by atoms with Gasteiger partial charge in [-0.3, -0.25) is 4.79 Å². The van der Waals surface area contributed by atoms with Crippen molar-refractivity contribution in [2.45, 2.75) is 10.0 Å². The molecule has 122 valence electrons. The van der Waals surface area contributed by atoms with Crippen molar-refractivity contribution in [3.63, 3.8) is 0 Å². The lowest BCUT2D eigenvalue weighted by atomic mass is 10.2. The molecule has 0 saturated carbocycles. The molecule has 1 amide bonds. The third-order valence-corrected chi connectivity index (χ3v) is 4.28. The fraction of sp³-hybridized carbons (Fsp3) is 0.133. The zero-order valence-electron chi connectivity index (χ0n) is 11.4. The molecule has 0 heterocycles. The summed E-state index contributed by atoms with van der Waals surface area (Å²) in [5, 5.41) is 3.10. The van der Waals surface area contributed by atoms with Gasteiger partial charge in [-0.25, -0.2) is 0 Å². The molecule has 3 nitrogen and oxygen atoms in total. The van der Waals surface area contributed by atoms with E-state index in [0.717, 1.165) is 0 Å². The molecule has 0 bridgehead atoms. The minimum atomic E-state index is -1.86. The molecule has 0 aliphatic heterocycles. The van der Waals surface area contributed by atoms with Crippen molar-refractivity contribution in [3.05, 3.63) is 63.6 Å². The molecule has 2 rings (SSSR count). The van der Waals surface area contributed by atoms with Gasteiger partial charge in [0, 0.05) is 9.50 Å². The van der Waals surface area contributed by atoms with Crippen LogP contribution in [0.25, 0.3) is 0 Å². The summed E-state index contributed by atoms with van der Waals surface area (Å²) in [6.45, 7) is 0. The molecule has 0 aliphatic carbocycles. The highest BCUT2D eigenvalue weighted by molar-refractivity contribution is 9.10. The van der Waals surface area contributed by atoms with Crippen LogP contribution in [0.2, 0.25) is 5.02 Å². The smallest absolute Gasteiger partial charge is 0.255 e. The van der Waals surface area contributed by atoms with Crippen LogP contribution < -0.4 is 10.1 Å². The van der Waals surface area contributed by atoms with E-state index in [4.69, 9.17) is 51.1 Å². The highest BCUT2D eigenvalue weighted by Gasteiger charge is 2.36. The average Bonchev–Trinajstić information content (AvgIpc) is 2.48. The number of nitrogens with one attached hydrogen (secondary N) is 1. The maximum Gasteiger partial charge on any atom is 0.255 e. The maximum absolute atomic E-state index is 12.3. The monoisotopic (exact) mass is 455 g/mol. The molecule has 0 fully saturated rings. The van der Waals surface area contributed by atoms with E-state index in [2.05, 4.69) is 21.2 Å². The van der Waals surface area contributed by atoms with Crippen LogP contribution in [0.15, 0.2) is 53.0 Å². The Labute approximate surface area is 161 Å². The SMILES string of the molecule is O=C(NC(Oc1ccc(Cl)cc1)C(Cl)(Cl)Cl)c1ccccc1Br. The average molecular weight is 458 g/mol. The van der Waals surface area contributed by atoms with Crippen LogP contribution in [0.1, 0.15) is 10.4 Å². The molecule has 8 heteroatoms. The fourth-order valence-electron chi connectivity index (χ4n) is 1.67. The van der Waals surface area contributed by atoms with E-state index in [1.165, 1.54) is 0 Å². The first-order valence-corrected chi connectivity index (χ1v) is 8.62. The molecule has 1 N–H and O–H groups in total. The Hall–Kier alpha value is -0.650. The van der Waals surface area contributed by atoms with Gasteiger partial charge in [0.25, 0.3) is 5.91 Å². The van der Waals surface area contributed by atoms with E-state index in [-0.39, 0.29) is 0 Å². The van der Waals surface area contributed by atoms with Gasteiger partial charge in [-0.2, -0.15) is 0 Å². The van der Waals surface area contributed by atoms with E-state index >= 15 is 0 Å². The molecule has 2 aromatic carbocycles. The second kappa shape index (κ2) is 7.95. The van der Waals surface area contributed by atoms with Gasteiger partial charge in [-0.1, -0.05) is 58.5 Å². The Morgan fingerprint density at radius 1 is 1.09 bits per heavy atom. The van der Waals surface area contributed by atoms with Crippen LogP contribution in [0.4, 0.5) is 0 Å². The summed E-state index contributed by atoms with van der Waals surface area (Å²) in [4.78, 5) is 12.3. The van der Waals surface area contributed by atoms with E-state index < -0.39 is 15.9 Å². The third kappa shape index (κ3) is 5.44. The van der Waals surface area contributed by atoms with Gasteiger partial charge < -0.3 is 10.1 Å². The van der Waals surface area contributed by atoms with E-state index in [1.54, 1.807) is 48.5 Å². The van der Waals surface area contributed by atoms with E-state index in [9.17, 15) is 4.79 Å². The number of hydrogen-bond donors (Lipinski definition) is 1. The highest BCUT2D eigenvalue weighted by atomic mass is 79.9. The molecule has 0 aliphatic rings. The first kappa shape index (κ1) is 18.7. The van der Waals surface area contributed by atoms with Crippen molar-refractivity contribution in [2.24, 2.45) is 0 Å². The van der Waals surface area contributed by atoms with Crippen molar-refractivity contribution in [1.29, 1.82) is 0 Å². The van der Waals surface area contributed by atoms with Crippen LogP contribution in [-0.4, -0.2) is 15.9 Å². The molecular weight excluding hydrogens is 448 g/mol. The van der Waals surface area contributed by atoms with E-state index in [1.807, 2.05) is 0 Å². The molecule has 0 radical (unpaired) electrons. The lowest BCUT2D eigenvalue weighted by molar-refractivity contribution is 0.0832. The van der Waals surface area contributed by atoms with Crippen LogP contribution in [0, 0.1) is 0 Å². The first-order valence-electron chi connectivity index (χ1n) is 6.31. The number of alkyl halides is 3. The van der Waals surface area contributed by atoms with Crippen molar-refractivity contribution < 1.29 is 9.53 Å². The van der Waals surface area contributed by atoms with Gasteiger partial charge in [0.2, 0.25) is 10.0 Å². The molecule has 1 unspecified atom stereocenters. The van der Waals surface area contributed by atoms with Crippen LogP contribution >= 0.6 is 62.3 Å². The van der Waals surface area contributed by atoms with E-state index in [0.29, 0.717) is 20.8 Å².